The Labute approximate surface area is 123 Å². The first-order valence-electron chi connectivity index (χ1n) is 6.60. The van der Waals surface area contributed by atoms with Gasteiger partial charge in [-0.2, -0.15) is 0 Å². The van der Waals surface area contributed by atoms with E-state index in [4.69, 9.17) is 14.2 Å². The number of amides is 1. The number of ether oxygens (including phenoxy) is 3. The average molecular weight is 293 g/mol. The predicted molar refractivity (Wildman–Crippen MR) is 76.7 cm³/mol. The number of aliphatic hydroxyl groups is 1. The van der Waals surface area contributed by atoms with Crippen molar-refractivity contribution in [3.63, 3.8) is 0 Å². The molecule has 1 fully saturated rings. The van der Waals surface area contributed by atoms with Gasteiger partial charge in [0.25, 0.3) is 5.91 Å². The highest BCUT2D eigenvalue weighted by Gasteiger charge is 2.35. The van der Waals surface area contributed by atoms with Crippen LogP contribution in [-0.2, 0) is 19.0 Å². The number of hydrogen-bond acceptors (Lipinski definition) is 5. The summed E-state index contributed by atoms with van der Waals surface area (Å²) in [7, 11) is 2.90. The second-order valence-electron chi connectivity index (χ2n) is 4.62. The number of aliphatic hydroxyl groups excluding tert-OH is 1. The fraction of sp³-hybridized carbons (Fsp3) is 0.400. The standard InChI is InChI=1S/C15H19NO5/c1-19-12(8-11-14(17)13(20-2)9-21-11)15(18)16-10-6-4-3-5-7-10/h3-8,11,13-14,17H,9H2,1-2H3,(H,16,18)/t11-,13-,14+/m1/s1. The van der Waals surface area contributed by atoms with Crippen molar-refractivity contribution >= 4 is 11.6 Å². The zero-order valence-electron chi connectivity index (χ0n) is 12.0. The Balaban J connectivity index is 2.05. The number of anilines is 1. The molecule has 1 aromatic rings. The Morgan fingerprint density at radius 1 is 1.38 bits per heavy atom. The zero-order chi connectivity index (χ0) is 15.2. The van der Waals surface area contributed by atoms with Gasteiger partial charge in [-0.05, 0) is 18.2 Å². The Bertz CT molecular complexity index is 502. The number of carbonyl (C=O) groups is 1. The van der Waals surface area contributed by atoms with E-state index in [9.17, 15) is 9.90 Å². The van der Waals surface area contributed by atoms with Gasteiger partial charge in [0.05, 0.1) is 13.7 Å². The Kier molecular flexibility index (Phi) is 5.32. The molecule has 6 heteroatoms. The largest absolute Gasteiger partial charge is 0.491 e. The van der Waals surface area contributed by atoms with Gasteiger partial charge in [-0.1, -0.05) is 18.2 Å². The van der Waals surface area contributed by atoms with Gasteiger partial charge in [-0.25, -0.2) is 0 Å². The molecule has 0 bridgehead atoms. The lowest BCUT2D eigenvalue weighted by molar-refractivity contribution is -0.115. The topological polar surface area (TPSA) is 77.0 Å². The van der Waals surface area contributed by atoms with Gasteiger partial charge in [-0.3, -0.25) is 4.79 Å². The van der Waals surface area contributed by atoms with Gasteiger partial charge in [0.15, 0.2) is 5.76 Å². The minimum Gasteiger partial charge on any atom is -0.491 e. The molecule has 3 atom stereocenters. The highest BCUT2D eigenvalue weighted by atomic mass is 16.6. The summed E-state index contributed by atoms with van der Waals surface area (Å²) in [6, 6.07) is 9.04. The van der Waals surface area contributed by atoms with Gasteiger partial charge in [0.1, 0.15) is 18.3 Å². The molecule has 0 spiro atoms. The van der Waals surface area contributed by atoms with Crippen molar-refractivity contribution in [2.24, 2.45) is 0 Å². The Morgan fingerprint density at radius 2 is 2.10 bits per heavy atom. The highest BCUT2D eigenvalue weighted by molar-refractivity contribution is 6.02. The van der Waals surface area contributed by atoms with Crippen LogP contribution in [0.5, 0.6) is 0 Å². The summed E-state index contributed by atoms with van der Waals surface area (Å²) in [6.07, 6.45) is -0.403. The SMILES string of the molecule is COC(=C[C@H]1OC[C@@H](OC)[C@H]1O)C(=O)Nc1ccccc1. The molecule has 1 aromatic carbocycles. The number of benzene rings is 1. The summed E-state index contributed by atoms with van der Waals surface area (Å²) in [5.74, 6) is -0.319. The molecule has 1 heterocycles. The van der Waals surface area contributed by atoms with Crippen LogP contribution in [0.2, 0.25) is 0 Å². The molecular weight excluding hydrogens is 274 g/mol. The fourth-order valence-corrected chi connectivity index (χ4v) is 2.07. The van der Waals surface area contributed by atoms with Crippen LogP contribution in [0.25, 0.3) is 0 Å². The summed E-state index contributed by atoms with van der Waals surface area (Å²) in [5.41, 5.74) is 0.660. The first-order chi connectivity index (χ1) is 10.2. The van der Waals surface area contributed by atoms with Crippen LogP contribution in [0, 0.1) is 0 Å². The summed E-state index contributed by atoms with van der Waals surface area (Å²) in [5, 5.41) is 12.7. The predicted octanol–water partition coefficient (Wildman–Crippen LogP) is 0.930. The van der Waals surface area contributed by atoms with Gasteiger partial charge < -0.3 is 24.6 Å². The Hall–Kier alpha value is -1.89. The van der Waals surface area contributed by atoms with E-state index >= 15 is 0 Å². The monoisotopic (exact) mass is 293 g/mol. The van der Waals surface area contributed by atoms with Crippen LogP contribution < -0.4 is 5.32 Å². The molecule has 2 N–H and O–H groups in total. The molecular formula is C15H19NO5. The normalized spacial score (nSPS) is 25.7. The van der Waals surface area contributed by atoms with Crippen molar-refractivity contribution in [3.8, 4) is 0 Å². The quantitative estimate of drug-likeness (QED) is 0.624. The molecule has 21 heavy (non-hydrogen) atoms. The lowest BCUT2D eigenvalue weighted by Crippen LogP contribution is -2.31. The maximum absolute atomic E-state index is 12.1. The third-order valence-corrected chi connectivity index (χ3v) is 3.26. The van der Waals surface area contributed by atoms with Crippen molar-refractivity contribution < 1.29 is 24.1 Å². The number of rotatable bonds is 5. The van der Waals surface area contributed by atoms with Crippen molar-refractivity contribution in [3.05, 3.63) is 42.2 Å². The zero-order valence-corrected chi connectivity index (χ0v) is 12.0. The van der Waals surface area contributed by atoms with E-state index in [-0.39, 0.29) is 12.4 Å². The molecule has 1 aliphatic rings. The maximum atomic E-state index is 12.1. The van der Waals surface area contributed by atoms with E-state index < -0.39 is 24.2 Å². The minimum absolute atomic E-state index is 0.0830. The molecule has 2 rings (SSSR count). The van der Waals surface area contributed by atoms with Crippen LogP contribution in [0.4, 0.5) is 5.69 Å². The summed E-state index contributed by atoms with van der Waals surface area (Å²) < 4.78 is 15.5. The maximum Gasteiger partial charge on any atom is 0.290 e. The molecule has 0 saturated carbocycles. The number of para-hydroxylation sites is 1. The molecule has 1 amide bonds. The van der Waals surface area contributed by atoms with E-state index in [1.807, 2.05) is 18.2 Å². The van der Waals surface area contributed by atoms with Crippen LogP contribution in [-0.4, -0.2) is 50.2 Å². The molecule has 0 aliphatic carbocycles. The third-order valence-electron chi connectivity index (χ3n) is 3.26. The first kappa shape index (κ1) is 15.5. The first-order valence-corrected chi connectivity index (χ1v) is 6.60. The van der Waals surface area contributed by atoms with E-state index in [0.29, 0.717) is 5.69 Å². The third kappa shape index (κ3) is 3.81. The number of nitrogens with one attached hydrogen (secondary N) is 1. The summed E-state index contributed by atoms with van der Waals surface area (Å²) in [6.45, 7) is 0.274. The van der Waals surface area contributed by atoms with Gasteiger partial charge >= 0.3 is 0 Å². The average Bonchev–Trinajstić information content (AvgIpc) is 2.85. The number of hydrogen-bond donors (Lipinski definition) is 2. The molecule has 114 valence electrons. The Morgan fingerprint density at radius 3 is 2.67 bits per heavy atom. The smallest absolute Gasteiger partial charge is 0.290 e. The molecule has 0 aromatic heterocycles. The van der Waals surface area contributed by atoms with E-state index in [1.54, 1.807) is 12.1 Å². The van der Waals surface area contributed by atoms with Gasteiger partial charge in [-0.15, -0.1) is 0 Å². The lowest BCUT2D eigenvalue weighted by Gasteiger charge is -2.15. The van der Waals surface area contributed by atoms with Crippen LogP contribution in [0.3, 0.4) is 0 Å². The lowest BCUT2D eigenvalue weighted by atomic mass is 10.1. The van der Waals surface area contributed by atoms with Crippen molar-refractivity contribution in [2.45, 2.75) is 18.3 Å². The van der Waals surface area contributed by atoms with Crippen LogP contribution in [0.15, 0.2) is 42.2 Å². The van der Waals surface area contributed by atoms with Crippen molar-refractivity contribution in [1.29, 1.82) is 0 Å². The summed E-state index contributed by atoms with van der Waals surface area (Å²) in [4.78, 5) is 12.1. The van der Waals surface area contributed by atoms with E-state index in [2.05, 4.69) is 5.32 Å². The summed E-state index contributed by atoms with van der Waals surface area (Å²) >= 11 is 0. The molecule has 1 saturated heterocycles. The highest BCUT2D eigenvalue weighted by Crippen LogP contribution is 2.19. The minimum atomic E-state index is -0.829. The fourth-order valence-electron chi connectivity index (χ4n) is 2.07. The van der Waals surface area contributed by atoms with E-state index in [1.165, 1.54) is 20.3 Å². The second-order valence-corrected chi connectivity index (χ2v) is 4.62. The molecule has 6 nitrogen and oxygen atoms in total. The molecule has 0 radical (unpaired) electrons. The van der Waals surface area contributed by atoms with Gasteiger partial charge in [0, 0.05) is 12.8 Å². The second kappa shape index (κ2) is 7.21. The van der Waals surface area contributed by atoms with Crippen molar-refractivity contribution in [1.82, 2.24) is 0 Å². The molecule has 1 aliphatic heterocycles. The van der Waals surface area contributed by atoms with Gasteiger partial charge in [0.2, 0.25) is 0 Å². The molecule has 0 unspecified atom stereocenters. The van der Waals surface area contributed by atoms with Crippen LogP contribution in [0.1, 0.15) is 0 Å². The van der Waals surface area contributed by atoms with E-state index in [0.717, 1.165) is 0 Å². The number of methoxy groups -OCH3 is 2. The number of carbonyl (C=O) groups excluding carboxylic acids is 1. The van der Waals surface area contributed by atoms with Crippen molar-refractivity contribution in [2.75, 3.05) is 26.1 Å². The van der Waals surface area contributed by atoms with Crippen LogP contribution >= 0.6 is 0 Å².